The molecule has 0 N–H and O–H groups in total. The van der Waals surface area contributed by atoms with Crippen LogP contribution in [-0.4, -0.2) is 0 Å². The second-order valence-corrected chi connectivity index (χ2v) is 7.60. The van der Waals surface area contributed by atoms with Gasteiger partial charge in [0, 0.05) is 16.0 Å². The summed E-state index contributed by atoms with van der Waals surface area (Å²) in [5.74, 6) is 0. The molecule has 24 heavy (non-hydrogen) atoms. The molecule has 0 unspecified atom stereocenters. The smallest absolute Gasteiger partial charge is 0.0289 e. The van der Waals surface area contributed by atoms with Crippen LogP contribution in [0.5, 0.6) is 0 Å². The zero-order valence-corrected chi connectivity index (χ0v) is 17.7. The molecule has 0 saturated carbocycles. The molecule has 0 nitrogen and oxygen atoms in total. The van der Waals surface area contributed by atoms with Crippen molar-refractivity contribution in [3.8, 4) is 0 Å². The minimum Gasteiger partial charge on any atom is -0.0876 e. The summed E-state index contributed by atoms with van der Waals surface area (Å²) in [4.78, 5) is 0. The molecule has 4 rings (SSSR count). The van der Waals surface area contributed by atoms with E-state index in [4.69, 9.17) is 0 Å². The van der Waals surface area contributed by atoms with Gasteiger partial charge in [-0.15, -0.1) is 0 Å². The summed E-state index contributed by atoms with van der Waals surface area (Å²) in [7, 11) is 0. The lowest BCUT2D eigenvalue weighted by Gasteiger charge is -2.17. The fourth-order valence-electron chi connectivity index (χ4n) is 3.71. The normalized spacial score (nSPS) is 11.6. The molecule has 4 aromatic carbocycles. The number of benzene rings is 4. The molecule has 0 aromatic heterocycles. The van der Waals surface area contributed by atoms with Crippen LogP contribution in [0.25, 0.3) is 32.3 Å². The third-order valence-electron chi connectivity index (χ3n) is 4.69. The molecule has 0 spiro atoms. The van der Waals surface area contributed by atoms with Gasteiger partial charge in [0.05, 0.1) is 0 Å². The van der Waals surface area contributed by atoms with E-state index in [1.54, 1.807) is 0 Å². The maximum Gasteiger partial charge on any atom is 0.0289 e. The van der Waals surface area contributed by atoms with Gasteiger partial charge in [-0.3, -0.25) is 0 Å². The van der Waals surface area contributed by atoms with Crippen molar-refractivity contribution in [2.24, 2.45) is 0 Å². The van der Waals surface area contributed by atoms with Crippen LogP contribution >= 0.6 is 47.8 Å². The zero-order valence-electron chi connectivity index (χ0n) is 13.0. The molecule has 4 aromatic rings. The summed E-state index contributed by atoms with van der Waals surface area (Å²) in [6.45, 7) is 0. The molecule has 0 heterocycles. The van der Waals surface area contributed by atoms with E-state index in [1.807, 2.05) is 0 Å². The predicted octanol–water partition coefficient (Wildman–Crippen LogP) is 7.83. The standard InChI is InChI=1S/C21H15Br3/c22-10-13-4-1-7-16-19(13)17-8-3-6-15(12-24)21(17)18-9-2-5-14(11-23)20(16)18/h1-9H,10-12H2. The van der Waals surface area contributed by atoms with Crippen LogP contribution in [0.3, 0.4) is 0 Å². The first-order chi connectivity index (χ1) is 11.8. The van der Waals surface area contributed by atoms with Gasteiger partial charge < -0.3 is 0 Å². The molecule has 0 atom stereocenters. The van der Waals surface area contributed by atoms with Crippen LogP contribution in [0.4, 0.5) is 0 Å². The molecule has 120 valence electrons. The fraction of sp³-hybridized carbons (Fsp3) is 0.143. The SMILES string of the molecule is BrCc1cccc2c1c1cccc(CBr)c1c1cccc(CBr)c21. The Bertz CT molecular complexity index is 899. The molecular formula is C21H15Br3. The summed E-state index contributed by atoms with van der Waals surface area (Å²) >= 11 is 11.0. The van der Waals surface area contributed by atoms with Crippen LogP contribution in [-0.2, 0) is 16.0 Å². The Balaban J connectivity index is 2.42. The molecule has 0 amide bonds. The van der Waals surface area contributed by atoms with Crippen LogP contribution < -0.4 is 0 Å². The maximum absolute atomic E-state index is 3.68. The van der Waals surface area contributed by atoms with Crippen LogP contribution in [0.15, 0.2) is 54.6 Å². The van der Waals surface area contributed by atoms with E-state index in [2.05, 4.69) is 102 Å². The summed E-state index contributed by atoms with van der Waals surface area (Å²) in [6.07, 6.45) is 0. The Morgan fingerprint density at radius 1 is 0.458 bits per heavy atom. The molecule has 0 bridgehead atoms. The summed E-state index contributed by atoms with van der Waals surface area (Å²) in [5, 5.41) is 10.7. The molecule has 0 aliphatic rings. The first kappa shape index (κ1) is 16.6. The maximum atomic E-state index is 3.68. The van der Waals surface area contributed by atoms with E-state index < -0.39 is 0 Å². The van der Waals surface area contributed by atoms with Gasteiger partial charge in [0.1, 0.15) is 0 Å². The number of hydrogen-bond acceptors (Lipinski definition) is 0. The second-order valence-electron chi connectivity index (χ2n) is 5.92. The van der Waals surface area contributed by atoms with Crippen molar-refractivity contribution < 1.29 is 0 Å². The highest BCUT2D eigenvalue weighted by molar-refractivity contribution is 9.09. The average Bonchev–Trinajstić information content (AvgIpc) is 2.66. The van der Waals surface area contributed by atoms with Crippen LogP contribution in [0.2, 0.25) is 0 Å². The van der Waals surface area contributed by atoms with Gasteiger partial charge >= 0.3 is 0 Å². The Hall–Kier alpha value is -0.900. The van der Waals surface area contributed by atoms with Gasteiger partial charge in [-0.25, -0.2) is 0 Å². The van der Waals surface area contributed by atoms with Crippen molar-refractivity contribution in [3.63, 3.8) is 0 Å². The third-order valence-corrected chi connectivity index (χ3v) is 6.50. The monoisotopic (exact) mass is 504 g/mol. The molecule has 0 radical (unpaired) electrons. The lowest BCUT2D eigenvalue weighted by Crippen LogP contribution is -1.93. The van der Waals surface area contributed by atoms with Gasteiger partial charge in [0.2, 0.25) is 0 Å². The average molecular weight is 507 g/mol. The topological polar surface area (TPSA) is 0 Å². The lowest BCUT2D eigenvalue weighted by atomic mass is 9.88. The molecule has 0 aliphatic carbocycles. The van der Waals surface area contributed by atoms with E-state index in [0.29, 0.717) is 0 Å². The zero-order chi connectivity index (χ0) is 16.7. The highest BCUT2D eigenvalue weighted by Gasteiger charge is 2.15. The van der Waals surface area contributed by atoms with Gasteiger partial charge in [0.15, 0.2) is 0 Å². The van der Waals surface area contributed by atoms with Crippen molar-refractivity contribution in [1.29, 1.82) is 0 Å². The van der Waals surface area contributed by atoms with Crippen molar-refractivity contribution >= 4 is 80.1 Å². The van der Waals surface area contributed by atoms with Gasteiger partial charge in [-0.2, -0.15) is 0 Å². The minimum absolute atomic E-state index is 0.861. The quantitative estimate of drug-likeness (QED) is 0.196. The van der Waals surface area contributed by atoms with E-state index in [-0.39, 0.29) is 0 Å². The Kier molecular flexibility index (Phi) is 4.68. The Labute approximate surface area is 166 Å². The number of alkyl halides is 3. The number of rotatable bonds is 3. The number of halogens is 3. The lowest BCUT2D eigenvalue weighted by molar-refractivity contribution is 1.47. The van der Waals surface area contributed by atoms with E-state index >= 15 is 0 Å². The summed E-state index contributed by atoms with van der Waals surface area (Å²) < 4.78 is 0. The second kappa shape index (κ2) is 6.78. The molecular weight excluding hydrogens is 492 g/mol. The highest BCUT2D eigenvalue weighted by Crippen LogP contribution is 2.40. The van der Waals surface area contributed by atoms with E-state index in [0.717, 1.165) is 16.0 Å². The molecule has 3 heteroatoms. The van der Waals surface area contributed by atoms with E-state index in [1.165, 1.54) is 49.0 Å². The first-order valence-corrected chi connectivity index (χ1v) is 11.2. The fourth-order valence-corrected chi connectivity index (χ4v) is 5.12. The van der Waals surface area contributed by atoms with Crippen molar-refractivity contribution in [1.82, 2.24) is 0 Å². The van der Waals surface area contributed by atoms with Gasteiger partial charge in [0.25, 0.3) is 0 Å². The predicted molar refractivity (Wildman–Crippen MR) is 117 cm³/mol. The summed E-state index contributed by atoms with van der Waals surface area (Å²) in [5.41, 5.74) is 4.03. The molecule has 0 saturated heterocycles. The van der Waals surface area contributed by atoms with Crippen molar-refractivity contribution in [2.75, 3.05) is 0 Å². The molecule has 0 fully saturated rings. The molecule has 0 aliphatic heterocycles. The summed E-state index contributed by atoms with van der Waals surface area (Å²) in [6, 6.07) is 20.0. The van der Waals surface area contributed by atoms with E-state index in [9.17, 15) is 0 Å². The van der Waals surface area contributed by atoms with Gasteiger partial charge in [-0.05, 0) is 49.0 Å². The van der Waals surface area contributed by atoms with Gasteiger partial charge in [-0.1, -0.05) is 102 Å². The van der Waals surface area contributed by atoms with Crippen LogP contribution in [0, 0.1) is 0 Å². The van der Waals surface area contributed by atoms with Crippen molar-refractivity contribution in [2.45, 2.75) is 16.0 Å². The number of hydrogen-bond donors (Lipinski definition) is 0. The third kappa shape index (κ3) is 2.44. The first-order valence-electron chi connectivity index (χ1n) is 7.84. The van der Waals surface area contributed by atoms with Crippen LogP contribution in [0.1, 0.15) is 16.7 Å². The largest absolute Gasteiger partial charge is 0.0876 e. The minimum atomic E-state index is 0.861. The Morgan fingerprint density at radius 2 is 0.750 bits per heavy atom. The highest BCUT2D eigenvalue weighted by atomic mass is 79.9. The number of fused-ring (bicyclic) bond motifs is 6. The Morgan fingerprint density at radius 3 is 1.00 bits per heavy atom. The van der Waals surface area contributed by atoms with Crippen molar-refractivity contribution in [3.05, 3.63) is 71.3 Å².